The molecule has 1 heterocycles. The molecule has 2 N–H and O–H groups in total. The Kier molecular flexibility index (Phi) is 7.42. The quantitative estimate of drug-likeness (QED) is 0.380. The molecule has 4 aromatic rings. The van der Waals surface area contributed by atoms with Crippen LogP contribution in [0.3, 0.4) is 0 Å². The van der Waals surface area contributed by atoms with Gasteiger partial charge in [-0.05, 0) is 43.7 Å². The number of rotatable bonds is 8. The highest BCUT2D eigenvalue weighted by Crippen LogP contribution is 2.21. The van der Waals surface area contributed by atoms with Gasteiger partial charge < -0.3 is 10.3 Å². The predicted octanol–water partition coefficient (Wildman–Crippen LogP) is 3.88. The lowest BCUT2D eigenvalue weighted by atomic mass is 10.1. The van der Waals surface area contributed by atoms with Gasteiger partial charge in [0.25, 0.3) is 5.56 Å². The van der Waals surface area contributed by atoms with Crippen LogP contribution in [0.25, 0.3) is 11.4 Å². The smallest absolute Gasteiger partial charge is 0.251 e. The van der Waals surface area contributed by atoms with E-state index in [1.54, 1.807) is 49.4 Å². The van der Waals surface area contributed by atoms with Crippen molar-refractivity contribution in [3.8, 4) is 11.4 Å². The molecule has 0 saturated carbocycles. The number of hydrogen-bond donors (Lipinski definition) is 2. The van der Waals surface area contributed by atoms with E-state index in [9.17, 15) is 18.0 Å². The second-order valence-corrected chi connectivity index (χ2v) is 10.4. The summed E-state index contributed by atoms with van der Waals surface area (Å²) < 4.78 is 28.0. The van der Waals surface area contributed by atoms with Gasteiger partial charge in [-0.1, -0.05) is 60.2 Å². The molecule has 0 aliphatic rings. The van der Waals surface area contributed by atoms with Crippen molar-refractivity contribution in [1.82, 2.24) is 14.3 Å². The van der Waals surface area contributed by atoms with Crippen LogP contribution in [0, 0.1) is 13.8 Å². The molecule has 0 atom stereocenters. The van der Waals surface area contributed by atoms with Crippen LogP contribution in [-0.2, 0) is 21.4 Å². The molecule has 36 heavy (non-hydrogen) atoms. The molecule has 1 amide bonds. The molecule has 0 bridgehead atoms. The number of sulfonamides is 1. The van der Waals surface area contributed by atoms with Crippen LogP contribution >= 0.6 is 0 Å². The zero-order chi connectivity index (χ0) is 25.7. The summed E-state index contributed by atoms with van der Waals surface area (Å²) in [5.41, 5.74) is 3.18. The van der Waals surface area contributed by atoms with E-state index in [0.29, 0.717) is 22.8 Å². The Morgan fingerprint density at radius 2 is 1.67 bits per heavy atom. The minimum absolute atomic E-state index is 0.0411. The van der Waals surface area contributed by atoms with E-state index in [2.05, 4.69) is 15.3 Å². The fourth-order valence-electron chi connectivity index (χ4n) is 3.69. The third-order valence-corrected chi connectivity index (χ3v) is 7.28. The zero-order valence-corrected chi connectivity index (χ0v) is 20.7. The van der Waals surface area contributed by atoms with Crippen LogP contribution < -0.4 is 10.9 Å². The molecule has 0 spiro atoms. The van der Waals surface area contributed by atoms with Gasteiger partial charge in [0.2, 0.25) is 15.9 Å². The van der Waals surface area contributed by atoms with E-state index < -0.39 is 15.9 Å². The molecule has 0 aliphatic carbocycles. The van der Waals surface area contributed by atoms with Crippen molar-refractivity contribution in [3.05, 3.63) is 112 Å². The Labute approximate surface area is 209 Å². The third kappa shape index (κ3) is 6.12. The highest BCUT2D eigenvalue weighted by Gasteiger charge is 2.27. The summed E-state index contributed by atoms with van der Waals surface area (Å²) in [6, 6.07) is 23.8. The summed E-state index contributed by atoms with van der Waals surface area (Å²) >= 11 is 0. The standard InChI is InChI=1S/C27H26N4O4S/c1-19-11-13-21(14-12-19)17-31(36(34,35)24-9-4-3-5-10-24)18-26(33)29-23-8-6-7-22(16-23)27-28-20(2)15-25(32)30-27/h3-16H,17-18H2,1-2H3,(H,29,33)(H,28,30,32). The number of aromatic amines is 1. The molecule has 8 nitrogen and oxygen atoms in total. The monoisotopic (exact) mass is 502 g/mol. The molecule has 9 heteroatoms. The third-order valence-electron chi connectivity index (χ3n) is 5.47. The fraction of sp³-hybridized carbons (Fsp3) is 0.148. The number of hydrogen-bond acceptors (Lipinski definition) is 5. The molecule has 0 aliphatic heterocycles. The largest absolute Gasteiger partial charge is 0.325 e. The first-order valence-electron chi connectivity index (χ1n) is 11.3. The van der Waals surface area contributed by atoms with Gasteiger partial charge in [-0.15, -0.1) is 0 Å². The summed E-state index contributed by atoms with van der Waals surface area (Å²) in [5, 5.41) is 2.77. The van der Waals surface area contributed by atoms with Crippen molar-refractivity contribution in [1.29, 1.82) is 0 Å². The highest BCUT2D eigenvalue weighted by molar-refractivity contribution is 7.89. The van der Waals surface area contributed by atoms with Crippen molar-refractivity contribution in [2.75, 3.05) is 11.9 Å². The molecular weight excluding hydrogens is 476 g/mol. The predicted molar refractivity (Wildman–Crippen MR) is 139 cm³/mol. The normalized spacial score (nSPS) is 11.4. The van der Waals surface area contributed by atoms with Crippen molar-refractivity contribution in [2.24, 2.45) is 0 Å². The number of benzene rings is 3. The lowest BCUT2D eigenvalue weighted by Crippen LogP contribution is -2.37. The lowest BCUT2D eigenvalue weighted by Gasteiger charge is -2.22. The maximum atomic E-state index is 13.4. The van der Waals surface area contributed by atoms with Crippen molar-refractivity contribution >= 4 is 21.6 Å². The van der Waals surface area contributed by atoms with Gasteiger partial charge in [-0.3, -0.25) is 9.59 Å². The summed E-state index contributed by atoms with van der Waals surface area (Å²) in [4.78, 5) is 32.0. The van der Waals surface area contributed by atoms with Crippen LogP contribution in [0.2, 0.25) is 0 Å². The number of nitrogens with zero attached hydrogens (tertiary/aromatic N) is 2. The van der Waals surface area contributed by atoms with E-state index >= 15 is 0 Å². The molecule has 4 rings (SSSR count). The SMILES string of the molecule is Cc1ccc(CN(CC(=O)Nc2cccc(-c3nc(C)cc(=O)[nH]3)c2)S(=O)(=O)c2ccccc2)cc1. The maximum absolute atomic E-state index is 13.4. The van der Waals surface area contributed by atoms with E-state index in [-0.39, 0.29) is 23.5 Å². The summed E-state index contributed by atoms with van der Waals surface area (Å²) in [6.07, 6.45) is 0. The summed E-state index contributed by atoms with van der Waals surface area (Å²) in [7, 11) is -3.93. The maximum Gasteiger partial charge on any atom is 0.251 e. The van der Waals surface area contributed by atoms with Crippen molar-refractivity contribution in [2.45, 2.75) is 25.3 Å². The number of nitrogens with one attached hydrogen (secondary N) is 2. The second kappa shape index (κ2) is 10.7. The van der Waals surface area contributed by atoms with E-state index in [4.69, 9.17) is 0 Å². The highest BCUT2D eigenvalue weighted by atomic mass is 32.2. The molecular formula is C27H26N4O4S. The Hall–Kier alpha value is -4.08. The van der Waals surface area contributed by atoms with Gasteiger partial charge in [-0.2, -0.15) is 4.31 Å². The lowest BCUT2D eigenvalue weighted by molar-refractivity contribution is -0.116. The first-order chi connectivity index (χ1) is 17.2. The Bertz CT molecular complexity index is 1530. The van der Waals surface area contributed by atoms with E-state index in [0.717, 1.165) is 15.4 Å². The summed E-state index contributed by atoms with van der Waals surface area (Å²) in [5.74, 6) is -0.117. The van der Waals surface area contributed by atoms with Crippen LogP contribution in [0.15, 0.2) is 94.6 Å². The minimum Gasteiger partial charge on any atom is -0.325 e. The first-order valence-corrected chi connectivity index (χ1v) is 12.7. The number of H-pyrrole nitrogens is 1. The van der Waals surface area contributed by atoms with Gasteiger partial charge in [0.1, 0.15) is 5.82 Å². The number of aryl methyl sites for hydroxylation is 2. The summed E-state index contributed by atoms with van der Waals surface area (Å²) in [6.45, 7) is 3.33. The number of carbonyl (C=O) groups excluding carboxylic acids is 1. The van der Waals surface area contributed by atoms with Gasteiger partial charge in [0.15, 0.2) is 0 Å². The molecule has 0 radical (unpaired) electrons. The Morgan fingerprint density at radius 1 is 0.944 bits per heavy atom. The Morgan fingerprint density at radius 3 is 2.36 bits per heavy atom. The minimum atomic E-state index is -3.93. The number of amides is 1. The van der Waals surface area contributed by atoms with Crippen LogP contribution in [0.5, 0.6) is 0 Å². The van der Waals surface area contributed by atoms with Gasteiger partial charge >= 0.3 is 0 Å². The topological polar surface area (TPSA) is 112 Å². The molecule has 0 fully saturated rings. The fourth-order valence-corrected chi connectivity index (χ4v) is 5.09. The van der Waals surface area contributed by atoms with E-state index in [1.165, 1.54) is 18.2 Å². The first kappa shape index (κ1) is 25.0. The van der Waals surface area contributed by atoms with Crippen LogP contribution in [0.4, 0.5) is 5.69 Å². The molecule has 184 valence electrons. The zero-order valence-electron chi connectivity index (χ0n) is 19.9. The molecule has 1 aromatic heterocycles. The number of carbonyl (C=O) groups is 1. The molecule has 0 saturated heterocycles. The molecule has 0 unspecified atom stereocenters. The number of anilines is 1. The average Bonchev–Trinajstić information content (AvgIpc) is 2.85. The van der Waals surface area contributed by atoms with Crippen LogP contribution in [0.1, 0.15) is 16.8 Å². The average molecular weight is 503 g/mol. The molecule has 3 aromatic carbocycles. The Balaban J connectivity index is 1.58. The van der Waals surface area contributed by atoms with Gasteiger partial charge in [0, 0.05) is 29.6 Å². The number of aromatic nitrogens is 2. The second-order valence-electron chi connectivity index (χ2n) is 8.44. The van der Waals surface area contributed by atoms with Crippen LogP contribution in [-0.4, -0.2) is 35.1 Å². The van der Waals surface area contributed by atoms with Gasteiger partial charge in [0.05, 0.1) is 11.4 Å². The van der Waals surface area contributed by atoms with E-state index in [1.807, 2.05) is 31.2 Å². The van der Waals surface area contributed by atoms with Gasteiger partial charge in [-0.25, -0.2) is 13.4 Å². The van der Waals surface area contributed by atoms with Crippen molar-refractivity contribution < 1.29 is 13.2 Å². The van der Waals surface area contributed by atoms with Crippen molar-refractivity contribution in [3.63, 3.8) is 0 Å².